The molecule has 18 heavy (non-hydrogen) atoms. The first-order valence-corrected chi connectivity index (χ1v) is 6.66. The molecule has 2 aromatic rings. The predicted molar refractivity (Wildman–Crippen MR) is 71.6 cm³/mol. The molecule has 4 heteroatoms. The Kier molecular flexibility index (Phi) is 2.69. The summed E-state index contributed by atoms with van der Waals surface area (Å²) in [4.78, 5) is 15.7. The monoisotopic (exact) mass is 254 g/mol. The second-order valence-electron chi connectivity index (χ2n) is 4.11. The number of fused-ring (bicyclic) bond motifs is 3. The molecule has 0 spiro atoms. The number of nitriles is 1. The first-order valence-electron chi connectivity index (χ1n) is 5.68. The zero-order valence-corrected chi connectivity index (χ0v) is 10.4. The minimum absolute atomic E-state index is 0.176. The highest BCUT2D eigenvalue weighted by molar-refractivity contribution is 7.99. The van der Waals surface area contributed by atoms with Crippen LogP contribution in [0.1, 0.15) is 11.3 Å². The minimum Gasteiger partial charge on any atom is -0.324 e. The first-order chi connectivity index (χ1) is 8.79. The van der Waals surface area contributed by atoms with Crippen LogP contribution in [0.3, 0.4) is 0 Å². The fourth-order valence-electron chi connectivity index (χ4n) is 2.17. The van der Waals surface area contributed by atoms with Gasteiger partial charge in [0.25, 0.3) is 5.56 Å². The van der Waals surface area contributed by atoms with E-state index in [1.807, 2.05) is 24.3 Å². The summed E-state index contributed by atoms with van der Waals surface area (Å²) in [6.07, 6.45) is 0.815. The average molecular weight is 254 g/mol. The second kappa shape index (κ2) is 4.35. The molecule has 1 aliphatic heterocycles. The van der Waals surface area contributed by atoms with Crippen molar-refractivity contribution < 1.29 is 0 Å². The van der Waals surface area contributed by atoms with E-state index >= 15 is 0 Å². The number of H-pyrrole nitrogens is 1. The van der Waals surface area contributed by atoms with Crippen molar-refractivity contribution in [2.75, 3.05) is 5.75 Å². The Hall–Kier alpha value is -1.99. The number of aromatic amines is 1. The summed E-state index contributed by atoms with van der Waals surface area (Å²) in [7, 11) is 0. The molecule has 1 aromatic heterocycles. The Balaban J connectivity index is 2.33. The van der Waals surface area contributed by atoms with Crippen LogP contribution in [0.2, 0.25) is 0 Å². The van der Waals surface area contributed by atoms with E-state index in [-0.39, 0.29) is 11.1 Å². The number of aromatic nitrogens is 1. The largest absolute Gasteiger partial charge is 0.324 e. The van der Waals surface area contributed by atoms with Crippen LogP contribution in [0.4, 0.5) is 0 Å². The summed E-state index contributed by atoms with van der Waals surface area (Å²) in [5.41, 5.74) is 2.89. The number of nitrogens with zero attached hydrogens (tertiary/aromatic N) is 1. The van der Waals surface area contributed by atoms with Crippen LogP contribution in [0.25, 0.3) is 11.1 Å². The molecule has 0 unspecified atom stereocenters. The Morgan fingerprint density at radius 2 is 2.11 bits per heavy atom. The predicted octanol–water partition coefficient (Wildman–Crippen LogP) is 2.56. The summed E-state index contributed by atoms with van der Waals surface area (Å²) >= 11 is 1.78. The Bertz CT molecular complexity index is 712. The lowest BCUT2D eigenvalue weighted by Crippen LogP contribution is -2.13. The van der Waals surface area contributed by atoms with Crippen molar-refractivity contribution in [3.8, 4) is 17.2 Å². The third kappa shape index (κ3) is 1.73. The molecule has 0 amide bonds. The van der Waals surface area contributed by atoms with Gasteiger partial charge >= 0.3 is 0 Å². The number of hydrogen-bond donors (Lipinski definition) is 1. The fraction of sp³-hybridized carbons (Fsp3) is 0.143. The molecule has 1 aliphatic rings. The maximum atomic E-state index is 11.7. The fourth-order valence-corrected chi connectivity index (χ4v) is 3.20. The van der Waals surface area contributed by atoms with E-state index in [0.717, 1.165) is 29.0 Å². The molecule has 1 N–H and O–H groups in total. The zero-order chi connectivity index (χ0) is 12.5. The third-order valence-corrected chi connectivity index (χ3v) is 4.11. The molecule has 0 fully saturated rings. The number of aryl methyl sites for hydroxylation is 1. The van der Waals surface area contributed by atoms with Gasteiger partial charge in [0, 0.05) is 21.9 Å². The van der Waals surface area contributed by atoms with Crippen molar-refractivity contribution in [1.82, 2.24) is 4.98 Å². The normalized spacial score (nSPS) is 13.1. The SMILES string of the molecule is N#Cc1cc2c([nH]c1=O)CCSc1ccccc1-2. The molecule has 3 nitrogen and oxygen atoms in total. The van der Waals surface area contributed by atoms with E-state index in [9.17, 15) is 4.79 Å². The molecule has 2 heterocycles. The van der Waals surface area contributed by atoms with Gasteiger partial charge in [-0.2, -0.15) is 5.26 Å². The van der Waals surface area contributed by atoms with Gasteiger partial charge in [-0.1, -0.05) is 18.2 Å². The highest BCUT2D eigenvalue weighted by atomic mass is 32.2. The van der Waals surface area contributed by atoms with Gasteiger partial charge in [0.2, 0.25) is 0 Å². The maximum absolute atomic E-state index is 11.7. The molecule has 0 aliphatic carbocycles. The smallest absolute Gasteiger partial charge is 0.266 e. The van der Waals surface area contributed by atoms with Crippen molar-refractivity contribution in [3.63, 3.8) is 0 Å². The lowest BCUT2D eigenvalue weighted by atomic mass is 10.0. The second-order valence-corrected chi connectivity index (χ2v) is 5.25. The maximum Gasteiger partial charge on any atom is 0.266 e. The molecule has 0 saturated carbocycles. The van der Waals surface area contributed by atoms with Gasteiger partial charge in [0.15, 0.2) is 0 Å². The molecule has 0 radical (unpaired) electrons. The van der Waals surface area contributed by atoms with Gasteiger partial charge in [-0.15, -0.1) is 11.8 Å². The van der Waals surface area contributed by atoms with Crippen LogP contribution in [0.5, 0.6) is 0 Å². The van der Waals surface area contributed by atoms with E-state index in [1.165, 1.54) is 4.90 Å². The van der Waals surface area contributed by atoms with Gasteiger partial charge in [-0.25, -0.2) is 0 Å². The summed E-state index contributed by atoms with van der Waals surface area (Å²) in [6.45, 7) is 0. The Morgan fingerprint density at radius 1 is 1.28 bits per heavy atom. The Morgan fingerprint density at radius 3 is 2.94 bits per heavy atom. The number of pyridine rings is 1. The molecule has 1 aromatic carbocycles. The minimum atomic E-state index is -0.291. The van der Waals surface area contributed by atoms with Crippen molar-refractivity contribution in [2.45, 2.75) is 11.3 Å². The van der Waals surface area contributed by atoms with E-state index in [2.05, 4.69) is 11.1 Å². The molecule has 0 saturated heterocycles. The lowest BCUT2D eigenvalue weighted by Gasteiger charge is -2.08. The van der Waals surface area contributed by atoms with Crippen LogP contribution in [0.15, 0.2) is 40.0 Å². The third-order valence-electron chi connectivity index (χ3n) is 3.03. The number of nitrogens with one attached hydrogen (secondary N) is 1. The van der Waals surface area contributed by atoms with Crippen molar-refractivity contribution in [3.05, 3.63) is 51.9 Å². The Labute approximate surface area is 108 Å². The molecular weight excluding hydrogens is 244 g/mol. The van der Waals surface area contributed by atoms with Crippen molar-refractivity contribution in [2.24, 2.45) is 0 Å². The lowest BCUT2D eigenvalue weighted by molar-refractivity contribution is 1.02. The van der Waals surface area contributed by atoms with Crippen molar-refractivity contribution >= 4 is 11.8 Å². The topological polar surface area (TPSA) is 56.6 Å². The summed E-state index contributed by atoms with van der Waals surface area (Å²) < 4.78 is 0. The van der Waals surface area contributed by atoms with Gasteiger partial charge in [-0.3, -0.25) is 4.79 Å². The van der Waals surface area contributed by atoms with Crippen LogP contribution in [0, 0.1) is 11.3 Å². The van der Waals surface area contributed by atoms with Gasteiger partial charge in [-0.05, 0) is 24.1 Å². The molecular formula is C14H10N2OS. The van der Waals surface area contributed by atoms with E-state index in [0.29, 0.717) is 0 Å². The summed E-state index contributed by atoms with van der Waals surface area (Å²) in [5, 5.41) is 8.96. The van der Waals surface area contributed by atoms with Crippen LogP contribution >= 0.6 is 11.8 Å². The van der Waals surface area contributed by atoms with E-state index < -0.39 is 0 Å². The molecule has 88 valence electrons. The summed E-state index contributed by atoms with van der Waals surface area (Å²) in [5.74, 6) is 0.936. The molecule has 0 atom stereocenters. The van der Waals surface area contributed by atoms with Crippen LogP contribution in [-0.4, -0.2) is 10.7 Å². The van der Waals surface area contributed by atoms with Crippen LogP contribution in [-0.2, 0) is 6.42 Å². The number of hydrogen-bond acceptors (Lipinski definition) is 3. The summed E-state index contributed by atoms with van der Waals surface area (Å²) in [6, 6.07) is 11.7. The highest BCUT2D eigenvalue weighted by Crippen LogP contribution is 2.36. The van der Waals surface area contributed by atoms with Crippen LogP contribution < -0.4 is 5.56 Å². The number of rotatable bonds is 0. The van der Waals surface area contributed by atoms with E-state index in [1.54, 1.807) is 17.8 Å². The number of thioether (sulfide) groups is 1. The van der Waals surface area contributed by atoms with Crippen molar-refractivity contribution in [1.29, 1.82) is 5.26 Å². The quantitative estimate of drug-likeness (QED) is 0.786. The molecule has 3 rings (SSSR count). The first kappa shape index (κ1) is 11.1. The van der Waals surface area contributed by atoms with E-state index in [4.69, 9.17) is 5.26 Å². The van der Waals surface area contributed by atoms with Gasteiger partial charge in [0.1, 0.15) is 11.6 Å². The zero-order valence-electron chi connectivity index (χ0n) is 9.56. The number of benzene rings is 1. The standard InChI is InChI=1S/C14H10N2OS/c15-8-9-7-11-10-3-1-2-4-13(10)18-6-5-12(11)16-14(9)17/h1-4,7H,5-6H2,(H,16,17). The molecule has 0 bridgehead atoms. The highest BCUT2D eigenvalue weighted by Gasteiger charge is 2.16. The average Bonchev–Trinajstić information content (AvgIpc) is 2.56. The van der Waals surface area contributed by atoms with Gasteiger partial charge < -0.3 is 4.98 Å². The van der Waals surface area contributed by atoms with Gasteiger partial charge in [0.05, 0.1) is 0 Å².